The van der Waals surface area contributed by atoms with Crippen molar-refractivity contribution in [2.75, 3.05) is 17.7 Å². The normalized spacial score (nSPS) is 18.3. The van der Waals surface area contributed by atoms with Gasteiger partial charge in [0.2, 0.25) is 11.8 Å². The number of anilines is 2. The third kappa shape index (κ3) is 4.27. The molecule has 1 aliphatic rings. The summed E-state index contributed by atoms with van der Waals surface area (Å²) in [6, 6.07) is 10.0. The van der Waals surface area contributed by atoms with E-state index in [1.807, 2.05) is 13.0 Å². The molecule has 1 saturated carbocycles. The van der Waals surface area contributed by atoms with Crippen molar-refractivity contribution in [3.05, 3.63) is 53.6 Å². The van der Waals surface area contributed by atoms with E-state index in [9.17, 15) is 22.8 Å². The zero-order chi connectivity index (χ0) is 20.5. The van der Waals surface area contributed by atoms with Crippen molar-refractivity contribution in [2.45, 2.75) is 19.5 Å². The van der Waals surface area contributed by atoms with Crippen molar-refractivity contribution >= 4 is 23.2 Å². The minimum atomic E-state index is -4.58. The summed E-state index contributed by atoms with van der Waals surface area (Å²) in [7, 11) is 1.48. The van der Waals surface area contributed by atoms with E-state index in [1.165, 1.54) is 25.3 Å². The molecule has 0 spiro atoms. The van der Waals surface area contributed by atoms with Crippen LogP contribution in [0.25, 0.3) is 0 Å². The number of nitrogens with one attached hydrogen (secondary N) is 2. The van der Waals surface area contributed by atoms with Gasteiger partial charge in [-0.15, -0.1) is 0 Å². The maximum Gasteiger partial charge on any atom is 0.418 e. The van der Waals surface area contributed by atoms with Gasteiger partial charge in [-0.1, -0.05) is 18.2 Å². The first-order valence-electron chi connectivity index (χ1n) is 8.63. The molecule has 28 heavy (non-hydrogen) atoms. The van der Waals surface area contributed by atoms with E-state index in [0.717, 1.165) is 11.6 Å². The first-order chi connectivity index (χ1) is 13.2. The fourth-order valence-corrected chi connectivity index (χ4v) is 2.98. The van der Waals surface area contributed by atoms with Gasteiger partial charge in [-0.2, -0.15) is 13.2 Å². The Labute approximate surface area is 159 Å². The Morgan fingerprint density at radius 2 is 1.61 bits per heavy atom. The van der Waals surface area contributed by atoms with Gasteiger partial charge in [-0.05, 0) is 43.2 Å². The van der Waals surface area contributed by atoms with Gasteiger partial charge in [0.15, 0.2) is 0 Å². The zero-order valence-electron chi connectivity index (χ0n) is 15.3. The second-order valence-electron chi connectivity index (χ2n) is 6.67. The molecule has 2 atom stereocenters. The van der Waals surface area contributed by atoms with Crippen molar-refractivity contribution in [1.29, 1.82) is 0 Å². The molecule has 2 N–H and O–H groups in total. The standard InChI is InChI=1S/C20H19F3N2O3/c1-11-7-8-17(28-2)16(9-11)25-19(27)13-10-12(13)18(26)24-15-6-4-3-5-14(15)20(21,22)23/h3-9,12-13H,10H2,1-2H3,(H,24,26)(H,25,27). The van der Waals surface area contributed by atoms with Gasteiger partial charge in [0.05, 0.1) is 35.9 Å². The number of carbonyl (C=O) groups is 2. The fourth-order valence-electron chi connectivity index (χ4n) is 2.98. The monoisotopic (exact) mass is 392 g/mol. The van der Waals surface area contributed by atoms with Crippen LogP contribution in [-0.4, -0.2) is 18.9 Å². The molecule has 5 nitrogen and oxygen atoms in total. The number of para-hydroxylation sites is 1. The van der Waals surface area contributed by atoms with E-state index in [-0.39, 0.29) is 18.0 Å². The second kappa shape index (κ2) is 7.53. The Kier molecular flexibility index (Phi) is 5.31. The van der Waals surface area contributed by atoms with E-state index < -0.39 is 29.5 Å². The highest BCUT2D eigenvalue weighted by Gasteiger charge is 2.48. The SMILES string of the molecule is COc1ccc(C)cc1NC(=O)C1CC1C(=O)Nc1ccccc1C(F)(F)F. The maximum atomic E-state index is 13.0. The van der Waals surface area contributed by atoms with Gasteiger partial charge in [-0.25, -0.2) is 0 Å². The van der Waals surface area contributed by atoms with Crippen LogP contribution in [0, 0.1) is 18.8 Å². The minimum Gasteiger partial charge on any atom is -0.495 e. The quantitative estimate of drug-likeness (QED) is 0.800. The largest absolute Gasteiger partial charge is 0.495 e. The summed E-state index contributed by atoms with van der Waals surface area (Å²) in [5.41, 5.74) is 0.173. The molecule has 8 heteroatoms. The summed E-state index contributed by atoms with van der Waals surface area (Å²) in [5.74, 6) is -1.75. The van der Waals surface area contributed by atoms with Crippen LogP contribution in [0.3, 0.4) is 0 Å². The van der Waals surface area contributed by atoms with E-state index in [0.29, 0.717) is 11.4 Å². The highest BCUT2D eigenvalue weighted by atomic mass is 19.4. The van der Waals surface area contributed by atoms with Crippen molar-refractivity contribution in [1.82, 2.24) is 0 Å². The predicted molar refractivity (Wildman–Crippen MR) is 98.0 cm³/mol. The summed E-state index contributed by atoms with van der Waals surface area (Å²) in [6.45, 7) is 1.86. The van der Waals surface area contributed by atoms with Gasteiger partial charge >= 0.3 is 6.18 Å². The van der Waals surface area contributed by atoms with Crippen LogP contribution in [0.1, 0.15) is 17.5 Å². The lowest BCUT2D eigenvalue weighted by molar-refractivity contribution is -0.137. The van der Waals surface area contributed by atoms with Crippen molar-refractivity contribution in [2.24, 2.45) is 11.8 Å². The molecular weight excluding hydrogens is 373 g/mol. The second-order valence-corrected chi connectivity index (χ2v) is 6.67. The number of amides is 2. The van der Waals surface area contributed by atoms with Crippen molar-refractivity contribution < 1.29 is 27.5 Å². The maximum absolute atomic E-state index is 13.0. The fraction of sp³-hybridized carbons (Fsp3) is 0.300. The number of ether oxygens (including phenoxy) is 1. The van der Waals surface area contributed by atoms with E-state index >= 15 is 0 Å². The minimum absolute atomic E-state index is 0.278. The molecule has 0 radical (unpaired) electrons. The lowest BCUT2D eigenvalue weighted by atomic mass is 10.1. The van der Waals surface area contributed by atoms with Crippen LogP contribution in [0.4, 0.5) is 24.5 Å². The van der Waals surface area contributed by atoms with Crippen LogP contribution in [0.2, 0.25) is 0 Å². The Morgan fingerprint density at radius 1 is 1.00 bits per heavy atom. The van der Waals surface area contributed by atoms with Crippen molar-refractivity contribution in [3.8, 4) is 5.75 Å². The van der Waals surface area contributed by atoms with Gasteiger partial charge < -0.3 is 15.4 Å². The molecule has 0 bridgehead atoms. The average molecular weight is 392 g/mol. The first-order valence-corrected chi connectivity index (χ1v) is 8.63. The Balaban J connectivity index is 1.65. The van der Waals surface area contributed by atoms with Crippen LogP contribution in [0.15, 0.2) is 42.5 Å². The van der Waals surface area contributed by atoms with E-state index in [1.54, 1.807) is 12.1 Å². The molecule has 2 unspecified atom stereocenters. The molecule has 0 aromatic heterocycles. The molecule has 0 aliphatic heterocycles. The Bertz CT molecular complexity index is 912. The molecule has 3 rings (SSSR count). The topological polar surface area (TPSA) is 67.4 Å². The van der Waals surface area contributed by atoms with E-state index in [4.69, 9.17) is 4.74 Å². The van der Waals surface area contributed by atoms with Crippen LogP contribution >= 0.6 is 0 Å². The third-order valence-corrected chi connectivity index (χ3v) is 4.57. The zero-order valence-corrected chi connectivity index (χ0v) is 15.3. The molecule has 0 heterocycles. The number of rotatable bonds is 5. The number of aryl methyl sites for hydroxylation is 1. The molecule has 1 fully saturated rings. The summed E-state index contributed by atoms with van der Waals surface area (Å²) in [5, 5.41) is 5.02. The molecule has 2 aromatic carbocycles. The van der Waals surface area contributed by atoms with Gasteiger partial charge in [0.1, 0.15) is 5.75 Å². The highest BCUT2D eigenvalue weighted by molar-refractivity contribution is 6.04. The van der Waals surface area contributed by atoms with Crippen LogP contribution in [0.5, 0.6) is 5.75 Å². The van der Waals surface area contributed by atoms with Gasteiger partial charge in [0, 0.05) is 0 Å². The lowest BCUT2D eigenvalue weighted by Gasteiger charge is -2.13. The smallest absolute Gasteiger partial charge is 0.418 e. The summed E-state index contributed by atoms with van der Waals surface area (Å²) in [4.78, 5) is 24.7. The van der Waals surface area contributed by atoms with Crippen LogP contribution in [-0.2, 0) is 15.8 Å². The van der Waals surface area contributed by atoms with E-state index in [2.05, 4.69) is 10.6 Å². The first kappa shape index (κ1) is 19.7. The molecule has 2 amide bonds. The summed E-state index contributed by atoms with van der Waals surface area (Å²) < 4.78 is 44.3. The molecule has 0 saturated heterocycles. The van der Waals surface area contributed by atoms with Crippen LogP contribution < -0.4 is 15.4 Å². The Hall–Kier alpha value is -3.03. The van der Waals surface area contributed by atoms with Crippen molar-refractivity contribution in [3.63, 3.8) is 0 Å². The average Bonchev–Trinajstić information content (AvgIpc) is 3.42. The molecule has 2 aromatic rings. The number of methoxy groups -OCH3 is 1. The number of alkyl halides is 3. The number of carbonyl (C=O) groups excluding carboxylic acids is 2. The molecule has 148 valence electrons. The number of hydrogen-bond acceptors (Lipinski definition) is 3. The van der Waals surface area contributed by atoms with Gasteiger partial charge in [-0.3, -0.25) is 9.59 Å². The predicted octanol–water partition coefficient (Wildman–Crippen LogP) is 4.24. The number of benzene rings is 2. The number of halogens is 3. The number of hydrogen-bond donors (Lipinski definition) is 2. The highest BCUT2D eigenvalue weighted by Crippen LogP contribution is 2.42. The third-order valence-electron chi connectivity index (χ3n) is 4.57. The van der Waals surface area contributed by atoms with Gasteiger partial charge in [0.25, 0.3) is 0 Å². The summed E-state index contributed by atoms with van der Waals surface area (Å²) >= 11 is 0. The molecular formula is C20H19F3N2O3. The molecule has 1 aliphatic carbocycles. The summed E-state index contributed by atoms with van der Waals surface area (Å²) in [6.07, 6.45) is -4.30. The lowest BCUT2D eigenvalue weighted by Crippen LogP contribution is -2.22. The Morgan fingerprint density at radius 3 is 2.21 bits per heavy atom.